The van der Waals surface area contributed by atoms with Crippen LogP contribution in [0.5, 0.6) is 5.75 Å². The monoisotopic (exact) mass is 386 g/mol. The van der Waals surface area contributed by atoms with Gasteiger partial charge in [-0.1, -0.05) is 18.2 Å². The number of carbonyl (C=O) groups is 1. The van der Waals surface area contributed by atoms with E-state index in [1.54, 1.807) is 23.4 Å². The van der Waals surface area contributed by atoms with Gasteiger partial charge in [0.2, 0.25) is 0 Å². The third kappa shape index (κ3) is 3.87. The lowest BCUT2D eigenvalue weighted by Gasteiger charge is -2.20. The molecule has 3 aromatic rings. The zero-order valence-corrected chi connectivity index (χ0v) is 16.5. The van der Waals surface area contributed by atoms with Gasteiger partial charge in [-0.3, -0.25) is 9.79 Å². The Morgan fingerprint density at radius 1 is 1.17 bits per heavy atom. The van der Waals surface area contributed by atoms with Gasteiger partial charge in [0, 0.05) is 36.5 Å². The summed E-state index contributed by atoms with van der Waals surface area (Å²) in [5, 5.41) is 7.75. The van der Waals surface area contributed by atoms with E-state index < -0.39 is 0 Å². The van der Waals surface area contributed by atoms with Crippen molar-refractivity contribution < 1.29 is 9.53 Å². The van der Waals surface area contributed by atoms with Crippen molar-refractivity contribution in [1.82, 2.24) is 15.1 Å². The van der Waals surface area contributed by atoms with Crippen LogP contribution >= 0.6 is 0 Å². The summed E-state index contributed by atoms with van der Waals surface area (Å²) >= 11 is 0. The van der Waals surface area contributed by atoms with Crippen LogP contribution in [-0.4, -0.2) is 40.9 Å². The predicted molar refractivity (Wildman–Crippen MR) is 112 cm³/mol. The molecule has 1 aromatic heterocycles. The largest absolute Gasteiger partial charge is 0.493 e. The minimum absolute atomic E-state index is 0.0538. The summed E-state index contributed by atoms with van der Waals surface area (Å²) < 4.78 is 5.81. The highest BCUT2D eigenvalue weighted by Gasteiger charge is 2.18. The van der Waals surface area contributed by atoms with Gasteiger partial charge < -0.3 is 9.64 Å². The average molecular weight is 386 g/mol. The van der Waals surface area contributed by atoms with Crippen LogP contribution in [0.3, 0.4) is 0 Å². The maximum Gasteiger partial charge on any atom is 0.254 e. The zero-order chi connectivity index (χ0) is 20.2. The number of aliphatic imine (C=N–C) groups is 1. The summed E-state index contributed by atoms with van der Waals surface area (Å²) in [6.45, 7) is 3.64. The second kappa shape index (κ2) is 8.22. The molecule has 1 aliphatic rings. The van der Waals surface area contributed by atoms with Crippen LogP contribution in [-0.2, 0) is 13.1 Å². The normalized spacial score (nSPS) is 11.9. The number of hydrogen-bond acceptors (Lipinski definition) is 5. The van der Waals surface area contributed by atoms with E-state index in [1.807, 2.05) is 44.5 Å². The lowest BCUT2D eigenvalue weighted by molar-refractivity contribution is 0.0784. The van der Waals surface area contributed by atoms with Gasteiger partial charge in [0.15, 0.2) is 0 Å². The van der Waals surface area contributed by atoms with Crippen molar-refractivity contribution in [3.05, 3.63) is 77.1 Å². The summed E-state index contributed by atoms with van der Waals surface area (Å²) in [6.07, 6.45) is 5.21. The Morgan fingerprint density at radius 2 is 2.07 bits per heavy atom. The molecule has 0 saturated heterocycles. The third-order valence-corrected chi connectivity index (χ3v) is 4.97. The zero-order valence-electron chi connectivity index (χ0n) is 16.5. The van der Waals surface area contributed by atoms with Crippen LogP contribution in [0.1, 0.15) is 34.0 Å². The van der Waals surface area contributed by atoms with E-state index in [1.165, 1.54) is 5.56 Å². The topological polar surface area (TPSA) is 67.7 Å². The summed E-state index contributed by atoms with van der Waals surface area (Å²) in [7, 11) is 1.82. The SMILES string of the molecule is CCOc1cc(C(=O)N(C)Cc2cccc3c2CN=C3)ccc1-c1ccnnc1. The molecule has 0 atom stereocenters. The van der Waals surface area contributed by atoms with Crippen LogP contribution in [0.2, 0.25) is 0 Å². The van der Waals surface area contributed by atoms with E-state index in [2.05, 4.69) is 27.3 Å². The first kappa shape index (κ1) is 18.8. The highest BCUT2D eigenvalue weighted by Crippen LogP contribution is 2.31. The molecule has 0 aliphatic carbocycles. The first-order valence-electron chi connectivity index (χ1n) is 9.57. The number of ether oxygens (including phenoxy) is 1. The molecule has 0 radical (unpaired) electrons. The Balaban J connectivity index is 1.58. The van der Waals surface area contributed by atoms with Crippen molar-refractivity contribution in [3.63, 3.8) is 0 Å². The molecular weight excluding hydrogens is 364 g/mol. The number of amides is 1. The fourth-order valence-corrected chi connectivity index (χ4v) is 3.52. The van der Waals surface area contributed by atoms with Crippen LogP contribution in [0.15, 0.2) is 59.9 Å². The van der Waals surface area contributed by atoms with E-state index in [9.17, 15) is 4.79 Å². The molecule has 0 N–H and O–H groups in total. The number of carbonyl (C=O) groups excluding carboxylic acids is 1. The van der Waals surface area contributed by atoms with Crippen molar-refractivity contribution >= 4 is 12.1 Å². The van der Waals surface area contributed by atoms with Gasteiger partial charge in [0.1, 0.15) is 5.75 Å². The molecule has 0 spiro atoms. The minimum Gasteiger partial charge on any atom is -0.493 e. The molecule has 146 valence electrons. The molecule has 0 saturated carbocycles. The third-order valence-electron chi connectivity index (χ3n) is 4.97. The minimum atomic E-state index is -0.0538. The molecule has 6 nitrogen and oxygen atoms in total. The van der Waals surface area contributed by atoms with E-state index in [0.29, 0.717) is 31.0 Å². The lowest BCUT2D eigenvalue weighted by Crippen LogP contribution is -2.26. The van der Waals surface area contributed by atoms with Crippen LogP contribution in [0, 0.1) is 0 Å². The molecule has 0 unspecified atom stereocenters. The Labute approximate surface area is 169 Å². The van der Waals surface area contributed by atoms with Crippen molar-refractivity contribution in [3.8, 4) is 16.9 Å². The van der Waals surface area contributed by atoms with E-state index in [4.69, 9.17) is 4.74 Å². The summed E-state index contributed by atoms with van der Waals surface area (Å²) in [5.41, 5.74) is 5.83. The smallest absolute Gasteiger partial charge is 0.254 e. The fraction of sp³-hybridized carbons (Fsp3) is 0.217. The molecule has 2 heterocycles. The molecule has 0 fully saturated rings. The second-order valence-corrected chi connectivity index (χ2v) is 6.89. The van der Waals surface area contributed by atoms with Crippen molar-refractivity contribution in [2.24, 2.45) is 4.99 Å². The van der Waals surface area contributed by atoms with Gasteiger partial charge >= 0.3 is 0 Å². The van der Waals surface area contributed by atoms with Crippen molar-refractivity contribution in [2.75, 3.05) is 13.7 Å². The van der Waals surface area contributed by atoms with E-state index >= 15 is 0 Å². The van der Waals surface area contributed by atoms with Gasteiger partial charge in [-0.25, -0.2) is 0 Å². The van der Waals surface area contributed by atoms with E-state index in [0.717, 1.165) is 22.3 Å². The maximum atomic E-state index is 13.1. The standard InChI is InChI=1S/C23H22N4O2/c1-3-29-22-11-16(7-8-20(22)18-9-10-25-26-13-18)23(28)27(2)15-19-6-4-5-17-12-24-14-21(17)19/h4-13H,3,14-15H2,1-2H3. The van der Waals surface area contributed by atoms with Crippen LogP contribution in [0.4, 0.5) is 0 Å². The summed E-state index contributed by atoms with van der Waals surface area (Å²) in [6, 6.07) is 13.5. The molecular formula is C23H22N4O2. The summed E-state index contributed by atoms with van der Waals surface area (Å²) in [4.78, 5) is 19.1. The number of fused-ring (bicyclic) bond motifs is 1. The molecule has 4 rings (SSSR count). The first-order chi connectivity index (χ1) is 14.2. The number of benzene rings is 2. The molecule has 1 aliphatic heterocycles. The van der Waals surface area contributed by atoms with Crippen molar-refractivity contribution in [2.45, 2.75) is 20.0 Å². The second-order valence-electron chi connectivity index (χ2n) is 6.89. The number of aromatic nitrogens is 2. The quantitative estimate of drug-likeness (QED) is 0.647. The predicted octanol–water partition coefficient (Wildman–Crippen LogP) is 3.75. The van der Waals surface area contributed by atoms with Gasteiger partial charge in [-0.05, 0) is 47.9 Å². The van der Waals surface area contributed by atoms with Gasteiger partial charge in [-0.2, -0.15) is 10.2 Å². The Hall–Kier alpha value is -3.54. The maximum absolute atomic E-state index is 13.1. The molecule has 2 aromatic carbocycles. The number of rotatable bonds is 6. The van der Waals surface area contributed by atoms with Crippen LogP contribution in [0.25, 0.3) is 11.1 Å². The van der Waals surface area contributed by atoms with Crippen molar-refractivity contribution in [1.29, 1.82) is 0 Å². The fourth-order valence-electron chi connectivity index (χ4n) is 3.52. The van der Waals surface area contributed by atoms with Gasteiger partial charge in [0.05, 0.1) is 25.5 Å². The molecule has 1 amide bonds. The Kier molecular flexibility index (Phi) is 5.33. The lowest BCUT2D eigenvalue weighted by atomic mass is 10.0. The number of nitrogens with zero attached hydrogens (tertiary/aromatic N) is 4. The number of hydrogen-bond donors (Lipinski definition) is 0. The molecule has 6 heteroatoms. The van der Waals surface area contributed by atoms with Gasteiger partial charge in [0.25, 0.3) is 5.91 Å². The molecule has 0 bridgehead atoms. The Morgan fingerprint density at radius 3 is 2.86 bits per heavy atom. The van der Waals surface area contributed by atoms with E-state index in [-0.39, 0.29) is 5.91 Å². The Bertz CT molecular complexity index is 1060. The highest BCUT2D eigenvalue weighted by atomic mass is 16.5. The first-order valence-corrected chi connectivity index (χ1v) is 9.57. The van der Waals surface area contributed by atoms with Gasteiger partial charge in [-0.15, -0.1) is 0 Å². The van der Waals surface area contributed by atoms with Crippen LogP contribution < -0.4 is 4.74 Å². The summed E-state index contributed by atoms with van der Waals surface area (Å²) in [5.74, 6) is 0.607. The highest BCUT2D eigenvalue weighted by molar-refractivity contribution is 5.95. The average Bonchev–Trinajstić information content (AvgIpc) is 3.24. The molecule has 29 heavy (non-hydrogen) atoms.